The van der Waals surface area contributed by atoms with Crippen LogP contribution in [0.15, 0.2) is 21.6 Å². The third-order valence-electron chi connectivity index (χ3n) is 2.06. The van der Waals surface area contributed by atoms with Crippen LogP contribution in [0.4, 0.5) is 16.1 Å². The maximum Gasteiger partial charge on any atom is 0.335 e. The summed E-state index contributed by atoms with van der Waals surface area (Å²) < 4.78 is 44.1. The van der Waals surface area contributed by atoms with E-state index < -0.39 is 25.8 Å². The standard InChI is InChI=1S/C9H8ClFN4O3S/c1-4-13-9(18-14-4)15-19(16,17)7-3-5(12)2-6(10)8(7)11/h2-3H,12H2,1H3,(H,13,14,15). The smallest absolute Gasteiger partial charge is 0.335 e. The second kappa shape index (κ2) is 4.67. The number of nitrogens with one attached hydrogen (secondary N) is 1. The van der Waals surface area contributed by atoms with Gasteiger partial charge in [0.05, 0.1) is 5.02 Å². The van der Waals surface area contributed by atoms with Crippen LogP contribution in [0.3, 0.4) is 0 Å². The summed E-state index contributed by atoms with van der Waals surface area (Å²) in [5, 5.41) is 2.99. The summed E-state index contributed by atoms with van der Waals surface area (Å²) in [6.07, 6.45) is 0. The van der Waals surface area contributed by atoms with Crippen molar-refractivity contribution in [3.8, 4) is 0 Å². The topological polar surface area (TPSA) is 111 Å². The SMILES string of the molecule is Cc1noc(NS(=O)(=O)c2cc(N)cc(Cl)c2F)n1. The Bertz CT molecular complexity index is 731. The Morgan fingerprint density at radius 3 is 2.74 bits per heavy atom. The Kier molecular flexibility index (Phi) is 3.33. The molecule has 0 saturated carbocycles. The number of rotatable bonds is 3. The van der Waals surface area contributed by atoms with Gasteiger partial charge in [-0.2, -0.15) is 4.98 Å². The molecular weight excluding hydrogens is 299 g/mol. The van der Waals surface area contributed by atoms with E-state index in [0.717, 1.165) is 12.1 Å². The van der Waals surface area contributed by atoms with Crippen molar-refractivity contribution >= 4 is 33.3 Å². The first-order chi connectivity index (χ1) is 8.79. The minimum Gasteiger partial charge on any atom is -0.399 e. The molecule has 0 fully saturated rings. The number of aryl methyl sites for hydroxylation is 1. The Morgan fingerprint density at radius 1 is 1.47 bits per heavy atom. The number of nitrogen functional groups attached to an aromatic ring is 1. The number of hydrogen-bond donors (Lipinski definition) is 2. The molecule has 19 heavy (non-hydrogen) atoms. The first-order valence-corrected chi connectivity index (χ1v) is 6.73. The maximum absolute atomic E-state index is 13.7. The summed E-state index contributed by atoms with van der Waals surface area (Å²) in [6, 6.07) is 1.66. The van der Waals surface area contributed by atoms with E-state index in [1.807, 2.05) is 4.72 Å². The lowest BCUT2D eigenvalue weighted by atomic mass is 10.3. The monoisotopic (exact) mass is 306 g/mol. The molecule has 102 valence electrons. The highest BCUT2D eigenvalue weighted by Crippen LogP contribution is 2.26. The van der Waals surface area contributed by atoms with Gasteiger partial charge in [0.1, 0.15) is 4.90 Å². The predicted octanol–water partition coefficient (Wildman–Crippen LogP) is 1.55. The number of nitrogens with two attached hydrogens (primary N) is 1. The maximum atomic E-state index is 13.7. The summed E-state index contributed by atoms with van der Waals surface area (Å²) in [5.74, 6) is -0.886. The Labute approximate surface area is 112 Å². The van der Waals surface area contributed by atoms with E-state index in [2.05, 4.69) is 14.7 Å². The van der Waals surface area contributed by atoms with Gasteiger partial charge in [0.2, 0.25) is 0 Å². The number of benzene rings is 1. The fourth-order valence-electron chi connectivity index (χ4n) is 1.29. The molecule has 0 bridgehead atoms. The number of nitrogens with zero attached hydrogens (tertiary/aromatic N) is 2. The van der Waals surface area contributed by atoms with Crippen LogP contribution in [0.2, 0.25) is 5.02 Å². The lowest BCUT2D eigenvalue weighted by Gasteiger charge is -2.07. The fraction of sp³-hybridized carbons (Fsp3) is 0.111. The van der Waals surface area contributed by atoms with Gasteiger partial charge in [0, 0.05) is 5.69 Å². The van der Waals surface area contributed by atoms with E-state index in [1.165, 1.54) is 6.92 Å². The molecule has 2 aromatic rings. The molecular formula is C9H8ClFN4O3S. The molecule has 1 aromatic heterocycles. The van der Waals surface area contributed by atoms with Gasteiger partial charge < -0.3 is 10.3 Å². The molecule has 0 aliphatic carbocycles. The number of hydrogen-bond acceptors (Lipinski definition) is 6. The number of halogens is 2. The minimum absolute atomic E-state index is 0.00786. The van der Waals surface area contributed by atoms with Crippen molar-refractivity contribution < 1.29 is 17.3 Å². The fourth-order valence-corrected chi connectivity index (χ4v) is 2.63. The van der Waals surface area contributed by atoms with Crippen LogP contribution >= 0.6 is 11.6 Å². The van der Waals surface area contributed by atoms with Crippen molar-refractivity contribution in [2.24, 2.45) is 0 Å². The van der Waals surface area contributed by atoms with Gasteiger partial charge in [-0.25, -0.2) is 17.5 Å². The molecule has 7 nitrogen and oxygen atoms in total. The first kappa shape index (κ1) is 13.6. The summed E-state index contributed by atoms with van der Waals surface area (Å²) >= 11 is 5.53. The first-order valence-electron chi connectivity index (χ1n) is 4.87. The lowest BCUT2D eigenvalue weighted by molar-refractivity contribution is 0.429. The van der Waals surface area contributed by atoms with Crippen molar-refractivity contribution in [1.82, 2.24) is 10.1 Å². The van der Waals surface area contributed by atoms with E-state index in [4.69, 9.17) is 17.3 Å². The third-order valence-corrected chi connectivity index (χ3v) is 3.65. The summed E-state index contributed by atoms with van der Waals surface area (Å²) in [4.78, 5) is 2.94. The van der Waals surface area contributed by atoms with E-state index in [9.17, 15) is 12.8 Å². The van der Waals surface area contributed by atoms with Crippen molar-refractivity contribution in [2.45, 2.75) is 11.8 Å². The molecule has 3 N–H and O–H groups in total. The van der Waals surface area contributed by atoms with Crippen molar-refractivity contribution in [2.75, 3.05) is 10.5 Å². The largest absolute Gasteiger partial charge is 0.399 e. The molecule has 0 aliphatic rings. The van der Waals surface area contributed by atoms with Gasteiger partial charge in [0.15, 0.2) is 11.6 Å². The molecule has 1 heterocycles. The van der Waals surface area contributed by atoms with Crippen molar-refractivity contribution in [3.05, 3.63) is 28.8 Å². The molecule has 0 spiro atoms. The van der Waals surface area contributed by atoms with Crippen LogP contribution in [0.25, 0.3) is 0 Å². The third kappa shape index (κ3) is 2.76. The normalized spacial score (nSPS) is 11.5. The van der Waals surface area contributed by atoms with Crippen LogP contribution in [0.5, 0.6) is 0 Å². The van der Waals surface area contributed by atoms with Gasteiger partial charge >= 0.3 is 6.01 Å². The zero-order valence-corrected chi connectivity index (χ0v) is 11.1. The minimum atomic E-state index is -4.26. The average Bonchev–Trinajstić information content (AvgIpc) is 2.68. The van der Waals surface area contributed by atoms with Gasteiger partial charge in [-0.1, -0.05) is 16.8 Å². The van der Waals surface area contributed by atoms with Gasteiger partial charge in [-0.3, -0.25) is 0 Å². The van der Waals surface area contributed by atoms with Gasteiger partial charge in [0.25, 0.3) is 10.0 Å². The Morgan fingerprint density at radius 2 is 2.16 bits per heavy atom. The molecule has 0 amide bonds. The zero-order valence-electron chi connectivity index (χ0n) is 9.52. The molecule has 2 rings (SSSR count). The molecule has 1 aromatic carbocycles. The molecule has 0 radical (unpaired) electrons. The molecule has 0 atom stereocenters. The molecule has 0 unspecified atom stereocenters. The number of aromatic nitrogens is 2. The summed E-state index contributed by atoms with van der Waals surface area (Å²) in [7, 11) is -4.26. The second-order valence-electron chi connectivity index (χ2n) is 3.57. The zero-order chi connectivity index (χ0) is 14.2. The molecule has 0 aliphatic heterocycles. The van der Waals surface area contributed by atoms with E-state index >= 15 is 0 Å². The number of anilines is 2. The van der Waals surface area contributed by atoms with Crippen LogP contribution in [-0.4, -0.2) is 18.6 Å². The molecule has 10 heteroatoms. The lowest BCUT2D eigenvalue weighted by Crippen LogP contribution is -2.15. The highest BCUT2D eigenvalue weighted by molar-refractivity contribution is 7.92. The Hall–Kier alpha value is -1.87. The van der Waals surface area contributed by atoms with Crippen LogP contribution in [0.1, 0.15) is 5.82 Å². The summed E-state index contributed by atoms with van der Waals surface area (Å²) in [5.41, 5.74) is 5.44. The average molecular weight is 307 g/mol. The highest BCUT2D eigenvalue weighted by Gasteiger charge is 2.24. The van der Waals surface area contributed by atoms with Gasteiger partial charge in [-0.15, -0.1) is 0 Å². The van der Waals surface area contributed by atoms with E-state index in [0.29, 0.717) is 0 Å². The van der Waals surface area contributed by atoms with E-state index in [-0.39, 0.29) is 17.5 Å². The van der Waals surface area contributed by atoms with Crippen LogP contribution in [0, 0.1) is 12.7 Å². The summed E-state index contributed by atoms with van der Waals surface area (Å²) in [6.45, 7) is 1.50. The highest BCUT2D eigenvalue weighted by atomic mass is 35.5. The van der Waals surface area contributed by atoms with Crippen LogP contribution in [-0.2, 0) is 10.0 Å². The predicted molar refractivity (Wildman–Crippen MR) is 65.7 cm³/mol. The van der Waals surface area contributed by atoms with E-state index in [1.54, 1.807) is 0 Å². The van der Waals surface area contributed by atoms with Crippen molar-refractivity contribution in [3.63, 3.8) is 0 Å². The van der Waals surface area contributed by atoms with Gasteiger partial charge in [-0.05, 0) is 19.1 Å². The molecule has 0 saturated heterocycles. The Balaban J connectivity index is 2.45. The van der Waals surface area contributed by atoms with Crippen LogP contribution < -0.4 is 10.5 Å². The second-order valence-corrected chi connectivity index (χ2v) is 5.63. The van der Waals surface area contributed by atoms with Crippen molar-refractivity contribution in [1.29, 1.82) is 0 Å². The quantitative estimate of drug-likeness (QED) is 0.832. The number of sulfonamides is 1.